The summed E-state index contributed by atoms with van der Waals surface area (Å²) in [5.74, 6) is 0. The molecule has 1 N–H and O–H groups in total. The minimum Gasteiger partial charge on any atom is -0.304 e. The molecule has 1 unspecified atom stereocenters. The van der Waals surface area contributed by atoms with Crippen molar-refractivity contribution in [1.29, 1.82) is 0 Å². The van der Waals surface area contributed by atoms with Gasteiger partial charge in [-0.3, -0.25) is 10.1 Å². The number of thiazole rings is 1. The van der Waals surface area contributed by atoms with Gasteiger partial charge in [-0.25, -0.2) is 4.98 Å². The van der Waals surface area contributed by atoms with Crippen molar-refractivity contribution < 1.29 is 4.92 Å². The van der Waals surface area contributed by atoms with Crippen LogP contribution in [0.25, 0.3) is 0 Å². The summed E-state index contributed by atoms with van der Waals surface area (Å²) < 4.78 is 0.707. The Morgan fingerprint density at radius 2 is 2.29 bits per heavy atom. The highest BCUT2D eigenvalue weighted by Gasteiger charge is 2.16. The molecule has 0 aliphatic rings. The summed E-state index contributed by atoms with van der Waals surface area (Å²) in [6.45, 7) is 4.55. The van der Waals surface area contributed by atoms with Crippen LogP contribution in [0.2, 0.25) is 0 Å². The van der Waals surface area contributed by atoms with E-state index in [1.807, 2.05) is 19.2 Å². The van der Waals surface area contributed by atoms with Gasteiger partial charge in [0.25, 0.3) is 5.69 Å². The zero-order valence-electron chi connectivity index (χ0n) is 11.8. The van der Waals surface area contributed by atoms with Gasteiger partial charge in [0, 0.05) is 33.7 Å². The molecule has 112 valence electrons. The van der Waals surface area contributed by atoms with E-state index in [9.17, 15) is 10.1 Å². The molecule has 0 aliphatic carbocycles. The molecule has 1 atom stereocenters. The zero-order chi connectivity index (χ0) is 15.4. The maximum atomic E-state index is 11.1. The molecule has 1 aromatic carbocycles. The Morgan fingerprint density at radius 1 is 1.52 bits per heavy atom. The van der Waals surface area contributed by atoms with E-state index in [1.165, 1.54) is 10.9 Å². The van der Waals surface area contributed by atoms with Crippen LogP contribution in [-0.2, 0) is 13.0 Å². The molecule has 0 saturated heterocycles. The summed E-state index contributed by atoms with van der Waals surface area (Å²) in [4.78, 5) is 16.4. The average molecular weight is 370 g/mol. The van der Waals surface area contributed by atoms with Crippen LogP contribution in [0.5, 0.6) is 0 Å². The Bertz CT molecular complexity index is 645. The number of aryl methyl sites for hydroxylation is 1. The number of hydrogen-bond acceptors (Lipinski definition) is 5. The van der Waals surface area contributed by atoms with Gasteiger partial charge in [-0.1, -0.05) is 22.9 Å². The molecular weight excluding hydrogens is 354 g/mol. The van der Waals surface area contributed by atoms with Crippen LogP contribution in [0, 0.1) is 10.1 Å². The SMILES string of the molecule is CCc1cnc(C(C)NCc2ccc(Br)cc2[N+](=O)[O-])s1. The Kier molecular flexibility index (Phi) is 5.44. The molecule has 1 heterocycles. The lowest BCUT2D eigenvalue weighted by molar-refractivity contribution is -0.385. The van der Waals surface area contributed by atoms with Crippen molar-refractivity contribution in [3.63, 3.8) is 0 Å². The summed E-state index contributed by atoms with van der Waals surface area (Å²) in [5, 5.41) is 15.4. The first kappa shape index (κ1) is 16.1. The third kappa shape index (κ3) is 4.09. The van der Waals surface area contributed by atoms with Crippen LogP contribution in [0.4, 0.5) is 5.69 Å². The summed E-state index contributed by atoms with van der Waals surface area (Å²) in [7, 11) is 0. The molecule has 0 saturated carbocycles. The average Bonchev–Trinajstić information content (AvgIpc) is 2.94. The largest absolute Gasteiger partial charge is 0.304 e. The molecule has 5 nitrogen and oxygen atoms in total. The maximum Gasteiger partial charge on any atom is 0.275 e. The van der Waals surface area contributed by atoms with Crippen LogP contribution in [0.15, 0.2) is 28.9 Å². The highest BCUT2D eigenvalue weighted by Crippen LogP contribution is 2.25. The molecule has 7 heteroatoms. The van der Waals surface area contributed by atoms with Crippen LogP contribution in [-0.4, -0.2) is 9.91 Å². The highest BCUT2D eigenvalue weighted by molar-refractivity contribution is 9.10. The van der Waals surface area contributed by atoms with E-state index in [1.54, 1.807) is 17.4 Å². The van der Waals surface area contributed by atoms with Gasteiger partial charge in [0.2, 0.25) is 0 Å². The molecule has 21 heavy (non-hydrogen) atoms. The van der Waals surface area contributed by atoms with Crippen molar-refractivity contribution in [1.82, 2.24) is 10.3 Å². The number of nitro groups is 1. The third-order valence-electron chi connectivity index (χ3n) is 3.13. The molecule has 2 rings (SSSR count). The van der Waals surface area contributed by atoms with Crippen LogP contribution in [0.3, 0.4) is 0 Å². The standard InChI is InChI=1S/C14H16BrN3O2S/c1-3-12-8-17-14(21-12)9(2)16-7-10-4-5-11(15)6-13(10)18(19)20/h4-6,8-9,16H,3,7H2,1-2H3. The molecule has 0 spiro atoms. The van der Waals surface area contributed by atoms with Crippen molar-refractivity contribution in [2.45, 2.75) is 32.9 Å². The van der Waals surface area contributed by atoms with E-state index in [2.05, 4.69) is 33.2 Å². The predicted octanol–water partition coefficient (Wildman–Crippen LogP) is 4.23. The summed E-state index contributed by atoms with van der Waals surface area (Å²) in [6, 6.07) is 5.17. The lowest BCUT2D eigenvalue weighted by Gasteiger charge is -2.11. The lowest BCUT2D eigenvalue weighted by Crippen LogP contribution is -2.18. The fourth-order valence-corrected chi connectivity index (χ4v) is 3.13. The number of halogens is 1. The fourth-order valence-electron chi connectivity index (χ4n) is 1.89. The van der Waals surface area contributed by atoms with Crippen LogP contribution in [0.1, 0.15) is 35.3 Å². The molecule has 0 amide bonds. The number of nitro benzene ring substituents is 1. The molecule has 1 aromatic heterocycles. The predicted molar refractivity (Wildman–Crippen MR) is 87.5 cm³/mol. The minimum atomic E-state index is -0.356. The number of nitrogens with zero attached hydrogens (tertiary/aromatic N) is 2. The third-order valence-corrected chi connectivity index (χ3v) is 4.95. The number of aromatic nitrogens is 1. The molecular formula is C14H16BrN3O2S. The maximum absolute atomic E-state index is 11.1. The van der Waals surface area contributed by atoms with Crippen LogP contribution >= 0.6 is 27.3 Å². The summed E-state index contributed by atoms with van der Waals surface area (Å²) in [6.07, 6.45) is 2.86. The topological polar surface area (TPSA) is 68.1 Å². The highest BCUT2D eigenvalue weighted by atomic mass is 79.9. The van der Waals surface area contributed by atoms with Gasteiger partial charge in [-0.2, -0.15) is 0 Å². The first-order chi connectivity index (χ1) is 10.0. The van der Waals surface area contributed by atoms with Crippen molar-refractivity contribution in [2.24, 2.45) is 0 Å². The zero-order valence-corrected chi connectivity index (χ0v) is 14.2. The van der Waals surface area contributed by atoms with Crippen molar-refractivity contribution in [3.8, 4) is 0 Å². The first-order valence-electron chi connectivity index (χ1n) is 6.62. The molecule has 0 bridgehead atoms. The smallest absolute Gasteiger partial charge is 0.275 e. The first-order valence-corrected chi connectivity index (χ1v) is 8.23. The monoisotopic (exact) mass is 369 g/mol. The fraction of sp³-hybridized carbons (Fsp3) is 0.357. The number of benzene rings is 1. The van der Waals surface area contributed by atoms with E-state index < -0.39 is 0 Å². The van der Waals surface area contributed by atoms with Gasteiger partial charge in [-0.05, 0) is 25.5 Å². The van der Waals surface area contributed by atoms with E-state index in [4.69, 9.17) is 0 Å². The second-order valence-electron chi connectivity index (χ2n) is 4.65. The second-order valence-corrected chi connectivity index (χ2v) is 6.71. The van der Waals surface area contributed by atoms with Gasteiger partial charge in [0.15, 0.2) is 0 Å². The van der Waals surface area contributed by atoms with E-state index in [0.29, 0.717) is 16.6 Å². The number of nitrogens with one attached hydrogen (secondary N) is 1. The minimum absolute atomic E-state index is 0.0681. The summed E-state index contributed by atoms with van der Waals surface area (Å²) >= 11 is 4.93. The Labute approximate surface area is 135 Å². The van der Waals surface area contributed by atoms with Crippen LogP contribution < -0.4 is 5.32 Å². The van der Waals surface area contributed by atoms with Gasteiger partial charge in [0.05, 0.1) is 11.0 Å². The molecule has 0 radical (unpaired) electrons. The number of rotatable bonds is 6. The normalized spacial score (nSPS) is 12.3. The Balaban J connectivity index is 2.07. The van der Waals surface area contributed by atoms with Crippen molar-refractivity contribution in [3.05, 3.63) is 54.4 Å². The van der Waals surface area contributed by atoms with Gasteiger partial charge >= 0.3 is 0 Å². The summed E-state index contributed by atoms with van der Waals surface area (Å²) in [5.41, 5.74) is 0.791. The van der Waals surface area contributed by atoms with Crippen molar-refractivity contribution >= 4 is 33.0 Å². The van der Waals surface area contributed by atoms with Crippen molar-refractivity contribution in [2.75, 3.05) is 0 Å². The lowest BCUT2D eigenvalue weighted by atomic mass is 10.1. The quantitative estimate of drug-likeness (QED) is 0.611. The van der Waals surface area contributed by atoms with Gasteiger partial charge in [0.1, 0.15) is 5.01 Å². The molecule has 0 aliphatic heterocycles. The second kappa shape index (κ2) is 7.11. The molecule has 2 aromatic rings. The van der Waals surface area contributed by atoms with Gasteiger partial charge in [-0.15, -0.1) is 11.3 Å². The van der Waals surface area contributed by atoms with E-state index in [-0.39, 0.29) is 16.7 Å². The Hall–Kier alpha value is -1.31. The Morgan fingerprint density at radius 3 is 2.90 bits per heavy atom. The van der Waals surface area contributed by atoms with E-state index in [0.717, 1.165) is 11.4 Å². The van der Waals surface area contributed by atoms with E-state index >= 15 is 0 Å². The van der Waals surface area contributed by atoms with Gasteiger partial charge < -0.3 is 5.32 Å². The molecule has 0 fully saturated rings. The number of hydrogen-bond donors (Lipinski definition) is 1.